The van der Waals surface area contributed by atoms with Crippen LogP contribution in [0, 0.1) is 5.92 Å². The molecule has 2 N–H and O–H groups in total. The molecule has 0 spiro atoms. The minimum atomic E-state index is 0.356. The van der Waals surface area contributed by atoms with Gasteiger partial charge in [-0.3, -0.25) is 5.10 Å². The first-order chi connectivity index (χ1) is 16.1. The molecule has 4 aromatic rings. The van der Waals surface area contributed by atoms with Crippen LogP contribution in [-0.2, 0) is 11.3 Å². The number of anilines is 2. The summed E-state index contributed by atoms with van der Waals surface area (Å²) in [6.07, 6.45) is 7.35. The number of nitrogens with zero attached hydrogens (tertiary/aromatic N) is 6. The number of ether oxygens (including phenoxy) is 2. The van der Waals surface area contributed by atoms with Crippen molar-refractivity contribution in [2.45, 2.75) is 45.1 Å². The maximum Gasteiger partial charge on any atom is 0.236 e. The number of hydrogen-bond donors (Lipinski definition) is 2. The van der Waals surface area contributed by atoms with Gasteiger partial charge in [-0.2, -0.15) is 15.3 Å². The van der Waals surface area contributed by atoms with Crippen LogP contribution in [0.3, 0.4) is 0 Å². The minimum absolute atomic E-state index is 0.356. The largest absolute Gasteiger partial charge is 0.476 e. The summed E-state index contributed by atoms with van der Waals surface area (Å²) in [5.41, 5.74) is 3.94. The van der Waals surface area contributed by atoms with Crippen molar-refractivity contribution in [2.75, 3.05) is 19.0 Å². The Morgan fingerprint density at radius 1 is 1.24 bits per heavy atom. The van der Waals surface area contributed by atoms with E-state index in [0.29, 0.717) is 42.7 Å². The fourth-order valence-electron chi connectivity index (χ4n) is 4.22. The molecule has 1 aliphatic carbocycles. The third-order valence-corrected chi connectivity index (χ3v) is 6.05. The first-order valence-corrected chi connectivity index (χ1v) is 11.2. The smallest absolute Gasteiger partial charge is 0.236 e. The molecule has 0 bridgehead atoms. The zero-order valence-electron chi connectivity index (χ0n) is 19.0. The zero-order valence-corrected chi connectivity index (χ0v) is 19.0. The Kier molecular flexibility index (Phi) is 5.91. The SMILES string of the molecule is COCc1cc2c(Nc3cc([C@H]4C[C@H](COc5nnccc5C(C)C)C4)[nH]n3)nccn2n1. The van der Waals surface area contributed by atoms with E-state index in [9.17, 15) is 0 Å². The van der Waals surface area contributed by atoms with Gasteiger partial charge in [-0.25, -0.2) is 9.50 Å². The molecule has 33 heavy (non-hydrogen) atoms. The van der Waals surface area contributed by atoms with E-state index in [0.717, 1.165) is 41.1 Å². The van der Waals surface area contributed by atoms with Crippen LogP contribution in [0.1, 0.15) is 55.5 Å². The van der Waals surface area contributed by atoms with Gasteiger partial charge in [0.15, 0.2) is 11.6 Å². The number of nitrogens with one attached hydrogen (secondary N) is 2. The lowest BCUT2D eigenvalue weighted by molar-refractivity contribution is 0.150. The summed E-state index contributed by atoms with van der Waals surface area (Å²) >= 11 is 0. The van der Waals surface area contributed by atoms with Crippen LogP contribution in [0.5, 0.6) is 5.88 Å². The highest BCUT2D eigenvalue weighted by molar-refractivity contribution is 5.72. The van der Waals surface area contributed by atoms with Gasteiger partial charge < -0.3 is 14.8 Å². The summed E-state index contributed by atoms with van der Waals surface area (Å²) in [7, 11) is 1.66. The lowest BCUT2D eigenvalue weighted by Gasteiger charge is -2.34. The van der Waals surface area contributed by atoms with E-state index in [1.54, 1.807) is 24.0 Å². The fourth-order valence-corrected chi connectivity index (χ4v) is 4.22. The average molecular weight is 449 g/mol. The van der Waals surface area contributed by atoms with Crippen molar-refractivity contribution in [3.63, 3.8) is 0 Å². The van der Waals surface area contributed by atoms with Gasteiger partial charge in [0.25, 0.3) is 0 Å². The lowest BCUT2D eigenvalue weighted by Crippen LogP contribution is -2.27. The number of hydrogen-bond acceptors (Lipinski definition) is 8. The van der Waals surface area contributed by atoms with E-state index in [2.05, 4.69) is 55.7 Å². The highest BCUT2D eigenvalue weighted by atomic mass is 16.5. The predicted octanol–water partition coefficient (Wildman–Crippen LogP) is 3.83. The Hall–Kier alpha value is -3.53. The first-order valence-electron chi connectivity index (χ1n) is 11.2. The van der Waals surface area contributed by atoms with Gasteiger partial charge in [0, 0.05) is 42.7 Å². The van der Waals surface area contributed by atoms with Gasteiger partial charge in [0.2, 0.25) is 5.88 Å². The number of H-pyrrole nitrogens is 1. The van der Waals surface area contributed by atoms with E-state index < -0.39 is 0 Å². The molecule has 4 heterocycles. The number of aromatic nitrogens is 7. The second-order valence-corrected chi connectivity index (χ2v) is 8.80. The zero-order chi connectivity index (χ0) is 22.8. The van der Waals surface area contributed by atoms with Crippen molar-refractivity contribution in [2.24, 2.45) is 5.92 Å². The molecular formula is C23H28N8O2. The van der Waals surface area contributed by atoms with Gasteiger partial charge >= 0.3 is 0 Å². The number of methoxy groups -OCH3 is 1. The maximum absolute atomic E-state index is 5.99. The lowest BCUT2D eigenvalue weighted by atomic mass is 9.74. The predicted molar refractivity (Wildman–Crippen MR) is 123 cm³/mol. The molecule has 0 atom stereocenters. The van der Waals surface area contributed by atoms with Crippen LogP contribution < -0.4 is 10.1 Å². The van der Waals surface area contributed by atoms with Gasteiger partial charge in [0.05, 0.1) is 25.1 Å². The number of aromatic amines is 1. The molecule has 172 valence electrons. The molecule has 1 saturated carbocycles. The van der Waals surface area contributed by atoms with Gasteiger partial charge in [-0.05, 0) is 36.8 Å². The molecular weight excluding hydrogens is 420 g/mol. The molecule has 1 fully saturated rings. The quantitative estimate of drug-likeness (QED) is 0.397. The molecule has 0 aromatic carbocycles. The Labute approximate surface area is 191 Å². The molecule has 0 unspecified atom stereocenters. The van der Waals surface area contributed by atoms with Crippen molar-refractivity contribution < 1.29 is 9.47 Å². The van der Waals surface area contributed by atoms with Crippen molar-refractivity contribution in [3.05, 3.63) is 53.7 Å². The van der Waals surface area contributed by atoms with Gasteiger partial charge in [-0.1, -0.05) is 13.8 Å². The standard InChI is InChI=1S/C23H28N8O2/c1-14(2)18-4-5-25-29-23(18)33-12-15-8-16(9-15)19-11-21(28-27-19)26-22-20-10-17(13-32-3)30-31(20)7-6-24-22/h4-7,10-11,14-16H,8-9,12-13H2,1-3H3,(H2,24,26,27,28)/t15-,16-. The van der Waals surface area contributed by atoms with Crippen LogP contribution in [0.2, 0.25) is 0 Å². The summed E-state index contributed by atoms with van der Waals surface area (Å²) in [5, 5.41) is 23.5. The molecule has 0 aliphatic heterocycles. The summed E-state index contributed by atoms with van der Waals surface area (Å²) in [6, 6.07) is 6.00. The minimum Gasteiger partial charge on any atom is -0.476 e. The Balaban J connectivity index is 1.18. The van der Waals surface area contributed by atoms with Crippen LogP contribution in [0.15, 0.2) is 36.8 Å². The van der Waals surface area contributed by atoms with E-state index in [-0.39, 0.29) is 0 Å². The van der Waals surface area contributed by atoms with Crippen molar-refractivity contribution in [1.29, 1.82) is 0 Å². The van der Waals surface area contributed by atoms with Crippen LogP contribution in [0.4, 0.5) is 11.6 Å². The van der Waals surface area contributed by atoms with Crippen LogP contribution in [0.25, 0.3) is 5.52 Å². The number of rotatable bonds is 9. The molecule has 10 nitrogen and oxygen atoms in total. The molecule has 1 aliphatic rings. The first kappa shape index (κ1) is 21.3. The van der Waals surface area contributed by atoms with Crippen molar-refractivity contribution in [1.82, 2.24) is 35.0 Å². The highest BCUT2D eigenvalue weighted by Gasteiger charge is 2.32. The van der Waals surface area contributed by atoms with Crippen molar-refractivity contribution >= 4 is 17.2 Å². The molecule has 0 saturated heterocycles. The fraction of sp³-hybridized carbons (Fsp3) is 0.435. The Bertz CT molecular complexity index is 1230. The number of fused-ring (bicyclic) bond motifs is 1. The Morgan fingerprint density at radius 3 is 2.94 bits per heavy atom. The monoisotopic (exact) mass is 448 g/mol. The second-order valence-electron chi connectivity index (χ2n) is 8.80. The van der Waals surface area contributed by atoms with Crippen LogP contribution >= 0.6 is 0 Å². The van der Waals surface area contributed by atoms with E-state index in [4.69, 9.17) is 9.47 Å². The molecule has 10 heteroatoms. The molecule has 5 rings (SSSR count). The summed E-state index contributed by atoms with van der Waals surface area (Å²) in [4.78, 5) is 4.45. The maximum atomic E-state index is 5.99. The Morgan fingerprint density at radius 2 is 2.12 bits per heavy atom. The normalized spacial score (nSPS) is 17.9. The molecule has 4 aromatic heterocycles. The molecule has 0 amide bonds. The summed E-state index contributed by atoms with van der Waals surface area (Å²) in [6.45, 7) is 5.38. The van der Waals surface area contributed by atoms with Crippen molar-refractivity contribution in [3.8, 4) is 5.88 Å². The topological polar surface area (TPSA) is 115 Å². The summed E-state index contributed by atoms with van der Waals surface area (Å²) < 4.78 is 13.0. The van der Waals surface area contributed by atoms with Gasteiger partial charge in [0.1, 0.15) is 5.52 Å². The van der Waals surface area contributed by atoms with Gasteiger partial charge in [-0.15, -0.1) is 5.10 Å². The van der Waals surface area contributed by atoms with E-state index in [1.807, 2.05) is 18.3 Å². The molecule has 0 radical (unpaired) electrons. The van der Waals surface area contributed by atoms with Crippen LogP contribution in [-0.4, -0.2) is 48.7 Å². The van der Waals surface area contributed by atoms with E-state index >= 15 is 0 Å². The highest BCUT2D eigenvalue weighted by Crippen LogP contribution is 2.42. The average Bonchev–Trinajstić information content (AvgIpc) is 3.40. The third-order valence-electron chi connectivity index (χ3n) is 6.05. The summed E-state index contributed by atoms with van der Waals surface area (Å²) in [5.74, 6) is 3.39. The second kappa shape index (κ2) is 9.14. The van der Waals surface area contributed by atoms with E-state index in [1.165, 1.54) is 0 Å². The third kappa shape index (κ3) is 4.51.